The van der Waals surface area contributed by atoms with Crippen molar-refractivity contribution in [1.29, 1.82) is 0 Å². The molecule has 0 saturated heterocycles. The maximum atomic E-state index is 11.9. The fourth-order valence-electron chi connectivity index (χ4n) is 0.736. The summed E-state index contributed by atoms with van der Waals surface area (Å²) < 4.78 is 35.6. The van der Waals surface area contributed by atoms with Crippen molar-refractivity contribution in [3.8, 4) is 0 Å². The standard InChI is InChI=1S/C7H9F3N2OS/c1-4-2-11-6(14-4)12-3-5(13)7(8,9)10/h2,5,13H,3H2,1H3,(H,11,12). The van der Waals surface area contributed by atoms with E-state index >= 15 is 0 Å². The van der Waals surface area contributed by atoms with Gasteiger partial charge in [0.15, 0.2) is 11.2 Å². The zero-order valence-electron chi connectivity index (χ0n) is 7.30. The molecule has 0 saturated carbocycles. The van der Waals surface area contributed by atoms with Gasteiger partial charge in [-0.1, -0.05) is 0 Å². The number of aryl methyl sites for hydroxylation is 1. The van der Waals surface area contributed by atoms with Crippen molar-refractivity contribution in [1.82, 2.24) is 4.98 Å². The summed E-state index contributed by atoms with van der Waals surface area (Å²) in [6, 6.07) is 0. The summed E-state index contributed by atoms with van der Waals surface area (Å²) in [7, 11) is 0. The minimum atomic E-state index is -4.58. The molecule has 7 heteroatoms. The van der Waals surface area contributed by atoms with E-state index in [0.717, 1.165) is 4.88 Å². The Balaban J connectivity index is 2.41. The van der Waals surface area contributed by atoms with Gasteiger partial charge >= 0.3 is 6.18 Å². The maximum Gasteiger partial charge on any atom is 0.416 e. The highest BCUT2D eigenvalue weighted by molar-refractivity contribution is 7.15. The number of hydrogen-bond acceptors (Lipinski definition) is 4. The molecule has 1 aromatic heterocycles. The molecule has 14 heavy (non-hydrogen) atoms. The Labute approximate surface area is 82.6 Å². The second kappa shape index (κ2) is 4.14. The lowest BCUT2D eigenvalue weighted by Gasteiger charge is -2.14. The van der Waals surface area contributed by atoms with Crippen LogP contribution in [0.25, 0.3) is 0 Å². The number of rotatable bonds is 3. The Hall–Kier alpha value is -0.820. The minimum Gasteiger partial charge on any atom is -0.382 e. The molecule has 0 fully saturated rings. The smallest absolute Gasteiger partial charge is 0.382 e. The highest BCUT2D eigenvalue weighted by Gasteiger charge is 2.37. The van der Waals surface area contributed by atoms with E-state index in [2.05, 4.69) is 10.3 Å². The fraction of sp³-hybridized carbons (Fsp3) is 0.571. The molecule has 1 aromatic rings. The van der Waals surface area contributed by atoms with Crippen molar-refractivity contribution in [2.24, 2.45) is 0 Å². The third kappa shape index (κ3) is 3.15. The summed E-state index contributed by atoms with van der Waals surface area (Å²) in [4.78, 5) is 4.70. The van der Waals surface area contributed by atoms with Crippen molar-refractivity contribution in [2.75, 3.05) is 11.9 Å². The lowest BCUT2D eigenvalue weighted by molar-refractivity contribution is -0.198. The Kier molecular flexibility index (Phi) is 3.33. The second-order valence-corrected chi connectivity index (χ2v) is 3.95. The average molecular weight is 226 g/mol. The molecular weight excluding hydrogens is 217 g/mol. The summed E-state index contributed by atoms with van der Waals surface area (Å²) in [5.74, 6) is 0. The summed E-state index contributed by atoms with van der Waals surface area (Å²) >= 11 is 1.24. The summed E-state index contributed by atoms with van der Waals surface area (Å²) in [5, 5.41) is 11.4. The molecule has 0 aliphatic rings. The predicted molar refractivity (Wildman–Crippen MR) is 47.4 cm³/mol. The monoisotopic (exact) mass is 226 g/mol. The molecule has 0 aliphatic heterocycles. The van der Waals surface area contributed by atoms with Crippen molar-refractivity contribution in [3.63, 3.8) is 0 Å². The van der Waals surface area contributed by atoms with E-state index in [9.17, 15) is 13.2 Å². The lowest BCUT2D eigenvalue weighted by atomic mass is 10.3. The van der Waals surface area contributed by atoms with Crippen LogP contribution in [0.15, 0.2) is 6.20 Å². The number of alkyl halides is 3. The van der Waals surface area contributed by atoms with Gasteiger partial charge in [0.1, 0.15) is 0 Å². The van der Waals surface area contributed by atoms with E-state index in [1.807, 2.05) is 0 Å². The fourth-order valence-corrected chi connectivity index (χ4v) is 1.41. The predicted octanol–water partition coefficient (Wildman–Crippen LogP) is 1.79. The number of nitrogens with zero attached hydrogens (tertiary/aromatic N) is 1. The van der Waals surface area contributed by atoms with E-state index in [-0.39, 0.29) is 0 Å². The van der Waals surface area contributed by atoms with Gasteiger partial charge in [-0.3, -0.25) is 0 Å². The molecule has 0 aliphatic carbocycles. The Morgan fingerprint density at radius 3 is 2.71 bits per heavy atom. The van der Waals surface area contributed by atoms with Gasteiger partial charge in [-0.05, 0) is 6.92 Å². The number of nitrogens with one attached hydrogen (secondary N) is 1. The van der Waals surface area contributed by atoms with Crippen LogP contribution in [0.2, 0.25) is 0 Å². The first-order valence-corrected chi connectivity index (χ1v) is 4.62. The molecule has 0 aromatic carbocycles. The highest BCUT2D eigenvalue weighted by atomic mass is 32.1. The van der Waals surface area contributed by atoms with Gasteiger partial charge in [-0.25, -0.2) is 4.98 Å². The van der Waals surface area contributed by atoms with E-state index < -0.39 is 18.8 Å². The number of anilines is 1. The van der Waals surface area contributed by atoms with Crippen molar-refractivity contribution < 1.29 is 18.3 Å². The van der Waals surface area contributed by atoms with Gasteiger partial charge in [0.05, 0.1) is 6.54 Å². The molecule has 0 amide bonds. The van der Waals surface area contributed by atoms with Crippen LogP contribution in [0.3, 0.4) is 0 Å². The number of aliphatic hydroxyl groups excluding tert-OH is 1. The van der Waals surface area contributed by atoms with Gasteiger partial charge in [-0.2, -0.15) is 13.2 Å². The van der Waals surface area contributed by atoms with Gasteiger partial charge in [-0.15, -0.1) is 11.3 Å². The Morgan fingerprint density at radius 2 is 2.29 bits per heavy atom. The van der Waals surface area contributed by atoms with Gasteiger partial charge < -0.3 is 10.4 Å². The summed E-state index contributed by atoms with van der Waals surface area (Å²) in [6.07, 6.45) is -5.39. The second-order valence-electron chi connectivity index (χ2n) is 2.71. The first-order chi connectivity index (χ1) is 6.39. The van der Waals surface area contributed by atoms with Crippen LogP contribution < -0.4 is 5.32 Å². The third-order valence-electron chi connectivity index (χ3n) is 1.45. The topological polar surface area (TPSA) is 45.2 Å². The van der Waals surface area contributed by atoms with Crippen LogP contribution in [-0.4, -0.2) is 28.9 Å². The minimum absolute atomic E-state index is 0.380. The first-order valence-electron chi connectivity index (χ1n) is 3.80. The van der Waals surface area contributed by atoms with Gasteiger partial charge in [0, 0.05) is 11.1 Å². The van der Waals surface area contributed by atoms with E-state index in [1.54, 1.807) is 13.1 Å². The normalized spacial score (nSPS) is 14.1. The number of aromatic nitrogens is 1. The summed E-state index contributed by atoms with van der Waals surface area (Å²) in [5.41, 5.74) is 0. The molecule has 0 bridgehead atoms. The molecular formula is C7H9F3N2OS. The van der Waals surface area contributed by atoms with Crippen LogP contribution in [0.4, 0.5) is 18.3 Å². The Morgan fingerprint density at radius 1 is 1.64 bits per heavy atom. The van der Waals surface area contributed by atoms with Gasteiger partial charge in [0.25, 0.3) is 0 Å². The molecule has 3 nitrogen and oxygen atoms in total. The van der Waals surface area contributed by atoms with Crippen LogP contribution in [0.1, 0.15) is 4.88 Å². The van der Waals surface area contributed by atoms with E-state index in [1.165, 1.54) is 11.3 Å². The lowest BCUT2D eigenvalue weighted by Crippen LogP contribution is -2.34. The number of aliphatic hydroxyl groups is 1. The van der Waals surface area contributed by atoms with Gasteiger partial charge in [0.2, 0.25) is 0 Å². The average Bonchev–Trinajstić information content (AvgIpc) is 2.45. The largest absolute Gasteiger partial charge is 0.416 e. The van der Waals surface area contributed by atoms with Crippen molar-refractivity contribution in [2.45, 2.75) is 19.2 Å². The molecule has 1 rings (SSSR count). The maximum absolute atomic E-state index is 11.9. The summed E-state index contributed by atoms with van der Waals surface area (Å²) in [6.45, 7) is 1.22. The number of thiazole rings is 1. The SMILES string of the molecule is Cc1cnc(NCC(O)C(F)(F)F)s1. The van der Waals surface area contributed by atoms with E-state index in [0.29, 0.717) is 5.13 Å². The quantitative estimate of drug-likeness (QED) is 0.825. The molecule has 0 spiro atoms. The molecule has 1 unspecified atom stereocenters. The van der Waals surface area contributed by atoms with Crippen LogP contribution >= 0.6 is 11.3 Å². The van der Waals surface area contributed by atoms with E-state index in [4.69, 9.17) is 5.11 Å². The zero-order chi connectivity index (χ0) is 10.8. The van der Waals surface area contributed by atoms with Crippen LogP contribution in [0, 0.1) is 6.92 Å². The van der Waals surface area contributed by atoms with Crippen molar-refractivity contribution in [3.05, 3.63) is 11.1 Å². The molecule has 1 atom stereocenters. The van der Waals surface area contributed by atoms with Crippen LogP contribution in [-0.2, 0) is 0 Å². The number of halogens is 3. The first kappa shape index (κ1) is 11.3. The molecule has 1 heterocycles. The van der Waals surface area contributed by atoms with Crippen LogP contribution in [0.5, 0.6) is 0 Å². The Bertz CT molecular complexity index is 299. The molecule has 2 N–H and O–H groups in total. The molecule has 80 valence electrons. The number of hydrogen-bond donors (Lipinski definition) is 2. The zero-order valence-corrected chi connectivity index (χ0v) is 8.11. The molecule has 0 radical (unpaired) electrons. The van der Waals surface area contributed by atoms with Crippen molar-refractivity contribution >= 4 is 16.5 Å². The highest BCUT2D eigenvalue weighted by Crippen LogP contribution is 2.21. The third-order valence-corrected chi connectivity index (χ3v) is 2.32.